The molecule has 2 heteroatoms. The van der Waals surface area contributed by atoms with Crippen LogP contribution in [-0.4, -0.2) is 12.1 Å². The number of hydrogen-bond donors (Lipinski definition) is 0. The van der Waals surface area contributed by atoms with Crippen molar-refractivity contribution < 1.29 is 9.59 Å². The number of Topliss-reactive ketones (excluding diaryl/α,β-unsaturated/α-hetero) is 1. The molecule has 1 aliphatic rings. The van der Waals surface area contributed by atoms with Crippen LogP contribution in [0.15, 0.2) is 23.8 Å². The minimum absolute atomic E-state index is 0.315. The van der Waals surface area contributed by atoms with Crippen LogP contribution in [0.2, 0.25) is 0 Å². The molecule has 0 saturated heterocycles. The fraction of sp³-hybridized carbons (Fsp3) is 0. The summed E-state index contributed by atoms with van der Waals surface area (Å²) in [5, 5.41) is 0. The SMILES string of the molecule is O=CC(=O)C1=C[CH]C=C1. The fourth-order valence-electron chi connectivity index (χ4n) is 0.606. The Kier molecular flexibility index (Phi) is 1.58. The average Bonchev–Trinajstić information content (AvgIpc) is 2.37. The zero-order valence-electron chi connectivity index (χ0n) is 4.70. The summed E-state index contributed by atoms with van der Waals surface area (Å²) in [4.78, 5) is 20.4. The fourth-order valence-corrected chi connectivity index (χ4v) is 0.606. The van der Waals surface area contributed by atoms with E-state index in [0.29, 0.717) is 11.9 Å². The van der Waals surface area contributed by atoms with Crippen molar-refractivity contribution in [3.8, 4) is 0 Å². The molecule has 0 aromatic rings. The van der Waals surface area contributed by atoms with Gasteiger partial charge in [0.05, 0.1) is 0 Å². The highest BCUT2D eigenvalue weighted by molar-refractivity contribution is 6.34. The molecule has 0 aliphatic heterocycles. The van der Waals surface area contributed by atoms with E-state index in [2.05, 4.69) is 0 Å². The summed E-state index contributed by atoms with van der Waals surface area (Å²) in [5.74, 6) is -0.458. The van der Waals surface area contributed by atoms with Crippen molar-refractivity contribution in [3.63, 3.8) is 0 Å². The van der Waals surface area contributed by atoms with Crippen LogP contribution in [0.1, 0.15) is 0 Å². The van der Waals surface area contributed by atoms with Gasteiger partial charge in [-0.3, -0.25) is 9.59 Å². The molecule has 0 fully saturated rings. The maximum Gasteiger partial charge on any atom is 0.225 e. The highest BCUT2D eigenvalue weighted by Crippen LogP contribution is 2.06. The normalized spacial score (nSPS) is 15.3. The maximum atomic E-state index is 10.5. The lowest BCUT2D eigenvalue weighted by molar-refractivity contribution is -0.127. The molecule has 1 aliphatic carbocycles. The standard InChI is InChI=1S/C7H5O2/c8-5-7(9)6-3-1-2-4-6/h1-5H. The molecule has 0 saturated carbocycles. The molecule has 9 heavy (non-hydrogen) atoms. The van der Waals surface area contributed by atoms with Gasteiger partial charge in [0.15, 0.2) is 6.29 Å². The minimum Gasteiger partial charge on any atom is -0.294 e. The minimum atomic E-state index is -0.458. The largest absolute Gasteiger partial charge is 0.294 e. The monoisotopic (exact) mass is 121 g/mol. The number of rotatable bonds is 2. The second-order valence-corrected chi connectivity index (χ2v) is 1.66. The first-order valence-corrected chi connectivity index (χ1v) is 2.56. The van der Waals surface area contributed by atoms with E-state index < -0.39 is 5.78 Å². The molecule has 0 spiro atoms. The summed E-state index contributed by atoms with van der Waals surface area (Å²) in [6.45, 7) is 0. The average molecular weight is 121 g/mol. The van der Waals surface area contributed by atoms with Crippen molar-refractivity contribution in [2.24, 2.45) is 0 Å². The van der Waals surface area contributed by atoms with E-state index >= 15 is 0 Å². The van der Waals surface area contributed by atoms with E-state index in [1.807, 2.05) is 0 Å². The van der Waals surface area contributed by atoms with Crippen LogP contribution in [0.4, 0.5) is 0 Å². The van der Waals surface area contributed by atoms with Gasteiger partial charge in [0, 0.05) is 12.0 Å². The smallest absolute Gasteiger partial charge is 0.225 e. The Morgan fingerprint density at radius 3 is 2.78 bits per heavy atom. The summed E-state index contributed by atoms with van der Waals surface area (Å²) < 4.78 is 0. The molecule has 45 valence electrons. The summed E-state index contributed by atoms with van der Waals surface area (Å²) in [6, 6.07) is 0. The first kappa shape index (κ1) is 5.95. The topological polar surface area (TPSA) is 34.1 Å². The number of hydrogen-bond acceptors (Lipinski definition) is 2. The van der Waals surface area contributed by atoms with Crippen molar-refractivity contribution in [2.75, 3.05) is 0 Å². The first-order chi connectivity index (χ1) is 4.34. The van der Waals surface area contributed by atoms with Crippen LogP contribution >= 0.6 is 0 Å². The van der Waals surface area contributed by atoms with Crippen LogP contribution in [0.25, 0.3) is 0 Å². The van der Waals surface area contributed by atoms with Gasteiger partial charge in [0.25, 0.3) is 0 Å². The van der Waals surface area contributed by atoms with E-state index in [4.69, 9.17) is 0 Å². The van der Waals surface area contributed by atoms with Gasteiger partial charge >= 0.3 is 0 Å². The van der Waals surface area contributed by atoms with Gasteiger partial charge in [0.2, 0.25) is 5.78 Å². The van der Waals surface area contributed by atoms with Gasteiger partial charge in [-0.2, -0.15) is 0 Å². The maximum absolute atomic E-state index is 10.5. The van der Waals surface area contributed by atoms with E-state index in [0.717, 1.165) is 0 Å². The summed E-state index contributed by atoms with van der Waals surface area (Å²) in [7, 11) is 0. The Balaban J connectivity index is 2.73. The lowest BCUT2D eigenvalue weighted by Gasteiger charge is -1.83. The van der Waals surface area contributed by atoms with Crippen molar-refractivity contribution >= 4 is 12.1 Å². The molecule has 1 rings (SSSR count). The van der Waals surface area contributed by atoms with Gasteiger partial charge < -0.3 is 0 Å². The summed E-state index contributed by atoms with van der Waals surface area (Å²) >= 11 is 0. The third-order valence-electron chi connectivity index (χ3n) is 1.05. The number of aldehydes is 1. The van der Waals surface area contributed by atoms with Gasteiger partial charge in [-0.15, -0.1) is 0 Å². The lowest BCUT2D eigenvalue weighted by atomic mass is 10.2. The molecule has 0 amide bonds. The number of ketones is 1. The predicted octanol–water partition coefficient (Wildman–Crippen LogP) is 0.455. The van der Waals surface area contributed by atoms with Crippen LogP contribution in [-0.2, 0) is 9.59 Å². The Labute approximate surface area is 52.9 Å². The molecule has 0 unspecified atom stereocenters. The van der Waals surface area contributed by atoms with Crippen LogP contribution < -0.4 is 0 Å². The number of carbonyl (C=O) groups excluding carboxylic acids is 2. The Morgan fingerprint density at radius 2 is 2.33 bits per heavy atom. The van der Waals surface area contributed by atoms with E-state index in [1.54, 1.807) is 24.6 Å². The van der Waals surface area contributed by atoms with E-state index in [-0.39, 0.29) is 0 Å². The van der Waals surface area contributed by atoms with Gasteiger partial charge in [-0.25, -0.2) is 0 Å². The zero-order chi connectivity index (χ0) is 6.69. The molecule has 0 heterocycles. The van der Waals surface area contributed by atoms with Crippen molar-refractivity contribution in [2.45, 2.75) is 0 Å². The molecule has 0 aromatic carbocycles. The first-order valence-electron chi connectivity index (χ1n) is 2.56. The Hall–Kier alpha value is -1.18. The van der Waals surface area contributed by atoms with Crippen LogP contribution in [0.5, 0.6) is 0 Å². The molecule has 0 aromatic heterocycles. The van der Waals surface area contributed by atoms with Crippen LogP contribution in [0.3, 0.4) is 0 Å². The Morgan fingerprint density at radius 1 is 1.56 bits per heavy atom. The molecule has 0 bridgehead atoms. The van der Waals surface area contributed by atoms with Gasteiger partial charge in [-0.1, -0.05) is 18.2 Å². The molecule has 1 radical (unpaired) electrons. The van der Waals surface area contributed by atoms with Crippen molar-refractivity contribution in [3.05, 3.63) is 30.2 Å². The van der Waals surface area contributed by atoms with E-state index in [1.165, 1.54) is 0 Å². The third kappa shape index (κ3) is 1.13. The van der Waals surface area contributed by atoms with Gasteiger partial charge in [0.1, 0.15) is 0 Å². The summed E-state index contributed by atoms with van der Waals surface area (Å²) in [6.07, 6.45) is 6.97. The van der Waals surface area contributed by atoms with E-state index in [9.17, 15) is 9.59 Å². The molecule has 0 atom stereocenters. The predicted molar refractivity (Wildman–Crippen MR) is 32.6 cm³/mol. The zero-order valence-corrected chi connectivity index (χ0v) is 4.70. The number of carbonyl (C=O) groups is 2. The Bertz CT molecular complexity index is 199. The lowest BCUT2D eigenvalue weighted by Crippen LogP contribution is -1.98. The van der Waals surface area contributed by atoms with Crippen molar-refractivity contribution in [1.29, 1.82) is 0 Å². The molecular weight excluding hydrogens is 116 g/mol. The third-order valence-corrected chi connectivity index (χ3v) is 1.05. The summed E-state index contributed by atoms with van der Waals surface area (Å²) in [5.41, 5.74) is 0.463. The van der Waals surface area contributed by atoms with Crippen molar-refractivity contribution in [1.82, 2.24) is 0 Å². The highest BCUT2D eigenvalue weighted by Gasteiger charge is 2.05. The second kappa shape index (κ2) is 2.40. The number of allylic oxidation sites excluding steroid dienone is 4. The molecular formula is C7H5O2. The molecule has 0 N–H and O–H groups in total. The van der Waals surface area contributed by atoms with Crippen LogP contribution in [0, 0.1) is 6.42 Å². The van der Waals surface area contributed by atoms with Gasteiger partial charge in [-0.05, 0) is 0 Å². The quantitative estimate of drug-likeness (QED) is 0.392. The second-order valence-electron chi connectivity index (χ2n) is 1.66. The molecule has 2 nitrogen and oxygen atoms in total. The highest BCUT2D eigenvalue weighted by atomic mass is 16.2.